The van der Waals surface area contributed by atoms with Crippen molar-refractivity contribution < 1.29 is 57.1 Å². The van der Waals surface area contributed by atoms with Crippen molar-refractivity contribution in [3.05, 3.63) is 85.2 Å². The summed E-state index contributed by atoms with van der Waals surface area (Å²) < 4.78 is 37.4. The molecule has 4 aliphatic rings. The monoisotopic (exact) mass is 588 g/mol. The van der Waals surface area contributed by atoms with Crippen LogP contribution in [0.1, 0.15) is 58.9 Å². The molecule has 0 bridgehead atoms. The lowest BCUT2D eigenvalue weighted by Gasteiger charge is -2.20. The van der Waals surface area contributed by atoms with Crippen molar-refractivity contribution in [2.24, 2.45) is 0 Å². The maximum atomic E-state index is 10.9. The van der Waals surface area contributed by atoms with Crippen molar-refractivity contribution in [1.29, 1.82) is 0 Å². The summed E-state index contributed by atoms with van der Waals surface area (Å²) in [4.78, 5) is 42.0. The van der Waals surface area contributed by atoms with Crippen molar-refractivity contribution in [1.82, 2.24) is 0 Å². The summed E-state index contributed by atoms with van der Waals surface area (Å²) in [6, 6.07) is 9.38. The maximum Gasteiger partial charge on any atom is 0.515 e. The Labute approximate surface area is 244 Å². The van der Waals surface area contributed by atoms with E-state index >= 15 is 0 Å². The molecular formula is C30H36O12. The molecule has 12 nitrogen and oxygen atoms in total. The molecule has 0 N–H and O–H groups in total. The molecule has 228 valence electrons. The van der Waals surface area contributed by atoms with E-state index in [0.29, 0.717) is 23.0 Å². The van der Waals surface area contributed by atoms with Gasteiger partial charge in [-0.25, -0.2) is 19.2 Å². The fraction of sp³-hybridized carbons (Fsp3) is 0.400. The van der Waals surface area contributed by atoms with Crippen LogP contribution in [0, 0.1) is 0 Å². The molecule has 12 heteroatoms. The molecule has 1 aromatic carbocycles. The highest BCUT2D eigenvalue weighted by molar-refractivity contribution is 5.67. The highest BCUT2D eigenvalue weighted by atomic mass is 16.8. The number of hydrogen-bond acceptors (Lipinski definition) is 12. The fourth-order valence-electron chi connectivity index (χ4n) is 3.73. The van der Waals surface area contributed by atoms with Crippen molar-refractivity contribution in [3.8, 4) is 0 Å². The van der Waals surface area contributed by atoms with Crippen LogP contribution in [0.5, 0.6) is 0 Å². The minimum absolute atomic E-state index is 0.207. The third-order valence-electron chi connectivity index (χ3n) is 6.12. The van der Waals surface area contributed by atoms with Gasteiger partial charge in [0, 0.05) is 5.56 Å². The van der Waals surface area contributed by atoms with E-state index in [1.54, 1.807) is 6.92 Å². The van der Waals surface area contributed by atoms with Gasteiger partial charge in [0.15, 0.2) is 29.7 Å². The van der Waals surface area contributed by atoms with E-state index in [2.05, 4.69) is 45.3 Å². The van der Waals surface area contributed by atoms with E-state index < -0.39 is 35.8 Å². The third kappa shape index (κ3) is 9.15. The van der Waals surface area contributed by atoms with Gasteiger partial charge in [0.1, 0.15) is 17.3 Å². The van der Waals surface area contributed by atoms with E-state index in [4.69, 9.17) is 18.9 Å². The lowest BCUT2D eigenvalue weighted by atomic mass is 9.95. The predicted molar refractivity (Wildman–Crippen MR) is 147 cm³/mol. The zero-order chi connectivity index (χ0) is 31.5. The van der Waals surface area contributed by atoms with E-state index in [1.165, 1.54) is 0 Å². The predicted octanol–water partition coefficient (Wildman–Crippen LogP) is 7.31. The SMILES string of the molecule is C=C1COC(=O)O1.C=C1OC(=O)OC1(C)CCC.C=C1OC(=O)OC1(C)c1ccccc1.C=C1OC(=O)OC1CCC. The summed E-state index contributed by atoms with van der Waals surface area (Å²) in [5.41, 5.74) is -0.583. The minimum Gasteiger partial charge on any atom is -0.426 e. The maximum absolute atomic E-state index is 10.9. The first-order valence-electron chi connectivity index (χ1n) is 13.1. The average molecular weight is 589 g/mol. The van der Waals surface area contributed by atoms with Crippen molar-refractivity contribution in [3.63, 3.8) is 0 Å². The Morgan fingerprint density at radius 1 is 0.762 bits per heavy atom. The van der Waals surface area contributed by atoms with Crippen molar-refractivity contribution in [2.45, 2.75) is 70.7 Å². The molecule has 1 aromatic rings. The minimum atomic E-state index is -0.849. The Balaban J connectivity index is 0.000000201. The van der Waals surface area contributed by atoms with Crippen LogP contribution in [0.3, 0.4) is 0 Å². The molecule has 3 unspecified atom stereocenters. The lowest BCUT2D eigenvalue weighted by Crippen LogP contribution is -2.24. The van der Waals surface area contributed by atoms with Crippen LogP contribution in [0.15, 0.2) is 79.7 Å². The van der Waals surface area contributed by atoms with E-state index in [0.717, 1.165) is 31.2 Å². The number of cyclic esters (lactones) is 8. The summed E-state index contributed by atoms with van der Waals surface area (Å²) >= 11 is 0. The van der Waals surface area contributed by atoms with Gasteiger partial charge in [0.25, 0.3) is 0 Å². The topological polar surface area (TPSA) is 142 Å². The van der Waals surface area contributed by atoms with E-state index in [9.17, 15) is 19.2 Å². The van der Waals surface area contributed by atoms with Gasteiger partial charge >= 0.3 is 24.6 Å². The van der Waals surface area contributed by atoms with Gasteiger partial charge in [0.05, 0.1) is 0 Å². The van der Waals surface area contributed by atoms with E-state index in [-0.39, 0.29) is 12.7 Å². The molecule has 4 heterocycles. The van der Waals surface area contributed by atoms with Crippen LogP contribution >= 0.6 is 0 Å². The molecule has 3 atom stereocenters. The molecule has 4 fully saturated rings. The van der Waals surface area contributed by atoms with Gasteiger partial charge in [-0.2, -0.15) is 0 Å². The normalized spacial score (nSPS) is 25.4. The largest absolute Gasteiger partial charge is 0.515 e. The molecule has 0 spiro atoms. The van der Waals surface area contributed by atoms with Gasteiger partial charge < -0.3 is 37.9 Å². The van der Waals surface area contributed by atoms with E-state index in [1.807, 2.05) is 51.1 Å². The Bertz CT molecular complexity index is 1210. The zero-order valence-corrected chi connectivity index (χ0v) is 24.2. The summed E-state index contributed by atoms with van der Waals surface area (Å²) in [6.45, 7) is 22.0. The number of ether oxygens (including phenoxy) is 8. The smallest absolute Gasteiger partial charge is 0.426 e. The Morgan fingerprint density at radius 3 is 1.76 bits per heavy atom. The lowest BCUT2D eigenvalue weighted by molar-refractivity contribution is 0.0709. The molecule has 4 saturated heterocycles. The van der Waals surface area contributed by atoms with Crippen molar-refractivity contribution in [2.75, 3.05) is 6.61 Å². The summed E-state index contributed by atoms with van der Waals surface area (Å²) in [5, 5.41) is 0. The zero-order valence-electron chi connectivity index (χ0n) is 24.2. The number of benzene rings is 1. The molecule has 0 aliphatic carbocycles. The Morgan fingerprint density at radius 2 is 1.38 bits per heavy atom. The van der Waals surface area contributed by atoms with Crippen molar-refractivity contribution >= 4 is 24.6 Å². The standard InChI is InChI=1S/C11H10O3.C8H12O3.C7H10O3.C4H4O3/c1-8-11(2,14-10(12)13-8)9-6-4-3-5-7-9;1-4-5-8(3)6(2)10-7(9)11-8;1-3-4-6-5(2)9-7(8)10-6;1-3-2-6-4(5)7-3/h3-7H,1H2,2H3;2,4-5H2,1,3H3;6H,2-4H2,1H3;1-2H2. The number of hydrogen-bond donors (Lipinski definition) is 0. The third-order valence-corrected chi connectivity index (χ3v) is 6.12. The van der Waals surface area contributed by atoms with Gasteiger partial charge in [-0.3, -0.25) is 0 Å². The summed E-state index contributed by atoms with van der Waals surface area (Å²) in [6.07, 6.45) is 0.646. The van der Waals surface area contributed by atoms with Crippen LogP contribution < -0.4 is 0 Å². The molecule has 0 aromatic heterocycles. The Kier molecular flexibility index (Phi) is 11.8. The van der Waals surface area contributed by atoms with Crippen LogP contribution in [-0.2, 0) is 43.5 Å². The first-order valence-corrected chi connectivity index (χ1v) is 13.1. The highest BCUT2D eigenvalue weighted by Gasteiger charge is 2.44. The van der Waals surface area contributed by atoms with Gasteiger partial charge in [-0.1, -0.05) is 83.3 Å². The van der Waals surface area contributed by atoms with Crippen LogP contribution in [0.4, 0.5) is 19.2 Å². The number of carbonyl (C=O) groups is 4. The first kappa shape index (κ1) is 33.5. The Hall–Kier alpha value is -4.74. The molecule has 0 amide bonds. The second-order valence-corrected chi connectivity index (χ2v) is 9.53. The number of carbonyl (C=O) groups excluding carboxylic acids is 4. The molecule has 5 rings (SSSR count). The van der Waals surface area contributed by atoms with Crippen LogP contribution in [0.25, 0.3) is 0 Å². The fourth-order valence-corrected chi connectivity index (χ4v) is 3.73. The molecule has 0 saturated carbocycles. The average Bonchev–Trinajstić information content (AvgIpc) is 3.61. The molecule has 42 heavy (non-hydrogen) atoms. The quantitative estimate of drug-likeness (QED) is 0.251. The van der Waals surface area contributed by atoms with Gasteiger partial charge in [0.2, 0.25) is 0 Å². The summed E-state index contributed by atoms with van der Waals surface area (Å²) in [7, 11) is 0. The molecule has 4 aliphatic heterocycles. The highest BCUT2D eigenvalue weighted by Crippen LogP contribution is 2.38. The van der Waals surface area contributed by atoms with Crippen LogP contribution in [0.2, 0.25) is 0 Å². The molecule has 0 radical (unpaired) electrons. The first-order chi connectivity index (χ1) is 19.7. The van der Waals surface area contributed by atoms with Gasteiger partial charge in [-0.05, 0) is 26.7 Å². The van der Waals surface area contributed by atoms with Gasteiger partial charge in [-0.15, -0.1) is 0 Å². The summed E-state index contributed by atoms with van der Waals surface area (Å²) in [5.74, 6) is 1.56. The number of rotatable bonds is 5. The second kappa shape index (κ2) is 14.8. The second-order valence-electron chi connectivity index (χ2n) is 9.53. The molecular weight excluding hydrogens is 552 g/mol. The van der Waals surface area contributed by atoms with Crippen LogP contribution in [-0.4, -0.2) is 42.9 Å².